The van der Waals surface area contributed by atoms with Crippen molar-refractivity contribution in [2.24, 2.45) is 0 Å². The molecule has 0 unspecified atom stereocenters. The Balaban J connectivity index is 0.000000163. The summed E-state index contributed by atoms with van der Waals surface area (Å²) in [5.41, 5.74) is 6.38. The van der Waals surface area contributed by atoms with Crippen molar-refractivity contribution in [2.45, 2.75) is 41.5 Å². The molecule has 0 saturated heterocycles. The maximum atomic E-state index is 4.33. The number of nitrogens with zero attached hydrogens (tertiary/aromatic N) is 12. The van der Waals surface area contributed by atoms with Crippen LogP contribution in [0.2, 0.25) is 0 Å². The summed E-state index contributed by atoms with van der Waals surface area (Å²) in [6.45, 7) is 12.0. The fraction of sp³-hybridized carbons (Fsp3) is 0.250. The van der Waals surface area contributed by atoms with Gasteiger partial charge >= 0.3 is 38.2 Å². The average Bonchev–Trinajstić information content (AvgIpc) is 3.72. The number of aryl methyl sites for hydroxylation is 6. The average molecular weight is 688 g/mol. The normalized spacial score (nSPS) is 10.3. The van der Waals surface area contributed by atoms with Gasteiger partial charge in [0, 0.05) is 0 Å². The van der Waals surface area contributed by atoms with Crippen molar-refractivity contribution < 1.29 is 38.2 Å². The van der Waals surface area contributed by atoms with Gasteiger partial charge in [-0.05, 0) is 115 Å². The fourth-order valence-electron chi connectivity index (χ4n) is 4.49. The minimum absolute atomic E-state index is 0. The summed E-state index contributed by atoms with van der Waals surface area (Å²) in [6.07, 6.45) is 12.0. The van der Waals surface area contributed by atoms with Gasteiger partial charge in [-0.25, -0.2) is 30.6 Å². The largest absolute Gasteiger partial charge is 3.00 e. The summed E-state index contributed by atoms with van der Waals surface area (Å²) in [5.74, 6) is 0. The van der Waals surface area contributed by atoms with Gasteiger partial charge in [0.1, 0.15) is 0 Å². The number of rotatable bonds is 6. The minimum Gasteiger partial charge on any atom is -0.428 e. The van der Waals surface area contributed by atoms with Gasteiger partial charge < -0.3 is 27.6 Å². The summed E-state index contributed by atoms with van der Waals surface area (Å²) in [5, 5.41) is 26.0. The van der Waals surface area contributed by atoms with Crippen molar-refractivity contribution in [3.05, 3.63) is 108 Å². The molecule has 0 aromatic carbocycles. The van der Waals surface area contributed by atoms with Crippen molar-refractivity contribution >= 4 is 22.6 Å². The first-order valence-electron chi connectivity index (χ1n) is 13.5. The molecule has 0 atom stereocenters. The molecule has 6 aromatic heterocycles. The van der Waals surface area contributed by atoms with E-state index in [1.54, 1.807) is 0 Å². The molecule has 6 rings (SSSR count). The topological polar surface area (TPSA) is 107 Å². The maximum Gasteiger partial charge on any atom is 3.00 e. The molecule has 6 heterocycles. The summed E-state index contributed by atoms with van der Waals surface area (Å²) in [6, 6.07) is 12.1. The molecule has 0 saturated carbocycles. The standard InChI is InChI=1S/3C8H12BN4.Dy/c3*1-7-3-5-12(10-7)9-13-6-4-8(2)11-13;/h3*3-6H,9H2,1-2H3;/q3*-1;+3. The van der Waals surface area contributed by atoms with E-state index in [2.05, 4.69) is 30.6 Å². The van der Waals surface area contributed by atoms with Crippen LogP contribution in [0.1, 0.15) is 34.2 Å². The summed E-state index contributed by atoms with van der Waals surface area (Å²) in [4.78, 5) is 0. The number of hydrogen-bond acceptors (Lipinski definition) is 6. The molecule has 0 aliphatic carbocycles. The number of aromatic nitrogens is 12. The van der Waals surface area contributed by atoms with E-state index < -0.39 is 22.6 Å². The molecule has 12 nitrogen and oxygen atoms in total. The molecule has 0 aliphatic rings. The smallest absolute Gasteiger partial charge is 0.428 e. The van der Waals surface area contributed by atoms with Gasteiger partial charge in [0.2, 0.25) is 0 Å². The van der Waals surface area contributed by atoms with Crippen LogP contribution in [0.4, 0.5) is 0 Å². The van der Waals surface area contributed by atoms with Crippen LogP contribution in [0.25, 0.3) is 0 Å². The predicted molar refractivity (Wildman–Crippen MR) is 160 cm³/mol. The van der Waals surface area contributed by atoms with E-state index >= 15 is 0 Å². The molecule has 40 heavy (non-hydrogen) atoms. The van der Waals surface area contributed by atoms with Crippen molar-refractivity contribution in [2.75, 3.05) is 0 Å². The van der Waals surface area contributed by atoms with Crippen LogP contribution in [0.15, 0.2) is 73.6 Å². The summed E-state index contributed by atoms with van der Waals surface area (Å²) < 4.78 is 11.9. The Morgan fingerprint density at radius 2 is 0.500 bits per heavy atom. The second-order valence-electron chi connectivity index (χ2n) is 10.4. The zero-order valence-corrected chi connectivity index (χ0v) is 26.6. The van der Waals surface area contributed by atoms with Crippen LogP contribution in [0.5, 0.6) is 0 Å². The molecule has 16 heteroatoms. The molecular weight excluding hydrogens is 651 g/mol. The molecule has 6 aromatic rings. The van der Waals surface area contributed by atoms with Gasteiger partial charge in [0.15, 0.2) is 22.6 Å². The molecule has 0 fully saturated rings. The van der Waals surface area contributed by atoms with E-state index in [1.165, 1.54) is 0 Å². The third-order valence-electron chi connectivity index (χ3n) is 6.31. The molecular formula is C24H36B3DyN12. The molecule has 211 valence electrons. The van der Waals surface area contributed by atoms with Crippen molar-refractivity contribution in [1.82, 2.24) is 58.1 Å². The van der Waals surface area contributed by atoms with Crippen LogP contribution in [-0.2, 0) is 0 Å². The van der Waals surface area contributed by atoms with Crippen LogP contribution in [0.3, 0.4) is 0 Å². The Bertz CT molecular complexity index is 1290. The second-order valence-corrected chi connectivity index (χ2v) is 10.4. The Hall–Kier alpha value is -3.27. The van der Waals surface area contributed by atoms with Crippen LogP contribution in [-0.4, -0.2) is 80.8 Å². The molecule has 0 bridgehead atoms. The first kappa shape index (κ1) is 31.3. The van der Waals surface area contributed by atoms with Gasteiger partial charge in [0.25, 0.3) is 0 Å². The van der Waals surface area contributed by atoms with E-state index in [9.17, 15) is 0 Å². The zero-order chi connectivity index (χ0) is 27.8. The van der Waals surface area contributed by atoms with Gasteiger partial charge in [-0.1, -0.05) is 0 Å². The third kappa shape index (κ3) is 10.0. The Morgan fingerprint density at radius 3 is 0.600 bits per heavy atom. The number of hydrogen-bond donors (Lipinski definition) is 0. The van der Waals surface area contributed by atoms with Crippen LogP contribution in [0, 0.1) is 79.7 Å². The first-order chi connectivity index (χ1) is 18.7. The van der Waals surface area contributed by atoms with E-state index in [4.69, 9.17) is 0 Å². The van der Waals surface area contributed by atoms with E-state index in [-0.39, 0.29) is 38.2 Å². The van der Waals surface area contributed by atoms with Gasteiger partial charge in [0.05, 0.1) is 34.2 Å². The summed E-state index contributed by atoms with van der Waals surface area (Å²) >= 11 is 0. The van der Waals surface area contributed by atoms with E-state index in [0.29, 0.717) is 0 Å². The predicted octanol–water partition coefficient (Wildman–Crippen LogP) is 0.275. The first-order valence-corrected chi connectivity index (χ1v) is 13.5. The van der Waals surface area contributed by atoms with E-state index in [0.717, 1.165) is 34.2 Å². The molecule has 0 spiro atoms. The van der Waals surface area contributed by atoms with Crippen molar-refractivity contribution in [1.29, 1.82) is 0 Å². The summed E-state index contributed by atoms with van der Waals surface area (Å²) in [7, 11) is -1.37. The van der Waals surface area contributed by atoms with Gasteiger partial charge in [-0.3, -0.25) is 0 Å². The van der Waals surface area contributed by atoms with Crippen molar-refractivity contribution in [3.63, 3.8) is 0 Å². The van der Waals surface area contributed by atoms with E-state index in [1.807, 2.05) is 143 Å². The third-order valence-corrected chi connectivity index (χ3v) is 6.31. The van der Waals surface area contributed by atoms with Crippen LogP contribution < -0.4 is 0 Å². The quantitative estimate of drug-likeness (QED) is 0.233. The SMILES string of the molecule is Cc1ccn([BH2-]n2ccc(C)n2)n1.Cc1ccn([BH2-]n2ccc(C)n2)n1.Cc1ccn([BH2-]n2ccc(C)n2)n1.[Dy+3]. The zero-order valence-electron chi connectivity index (χ0n) is 24.6. The fourth-order valence-corrected chi connectivity index (χ4v) is 4.49. The minimum atomic E-state index is -0.455. The molecule has 0 N–H and O–H groups in total. The molecule has 1 radical (unpaired) electrons. The van der Waals surface area contributed by atoms with Gasteiger partial charge in [-0.2, -0.15) is 0 Å². The molecule has 0 amide bonds. The molecule has 0 aliphatic heterocycles. The Morgan fingerprint density at radius 1 is 0.350 bits per heavy atom. The maximum absolute atomic E-state index is 4.33. The van der Waals surface area contributed by atoms with Gasteiger partial charge in [-0.15, -0.1) is 0 Å². The monoisotopic (exact) mass is 689 g/mol. The van der Waals surface area contributed by atoms with Crippen LogP contribution >= 0.6 is 0 Å². The Kier molecular flexibility index (Phi) is 11.7. The Labute approximate surface area is 266 Å². The second kappa shape index (κ2) is 14.9. The van der Waals surface area contributed by atoms with Crippen molar-refractivity contribution in [3.8, 4) is 0 Å².